The molecule has 47 heavy (non-hydrogen) atoms. The average molecular weight is 634 g/mol. The Bertz CT molecular complexity index is 2160. The molecule has 2 aliphatic rings. The Hall–Kier alpha value is -5.66. The normalized spacial score (nSPS) is 18.3. The van der Waals surface area contributed by atoms with Crippen LogP contribution in [-0.2, 0) is 18.3 Å². The molecule has 6 heterocycles. The van der Waals surface area contributed by atoms with Crippen LogP contribution in [0.4, 0.5) is 16.2 Å². The number of nitrogens with zero attached hydrogens (tertiary/aromatic N) is 10. The second-order valence-electron chi connectivity index (χ2n) is 12.0. The number of methoxy groups -OCH3 is 1. The van der Waals surface area contributed by atoms with Crippen LogP contribution < -0.4 is 15.0 Å². The van der Waals surface area contributed by atoms with Gasteiger partial charge >= 0.3 is 0 Å². The van der Waals surface area contributed by atoms with Crippen molar-refractivity contribution in [2.75, 3.05) is 37.5 Å². The van der Waals surface area contributed by atoms with Crippen LogP contribution in [0.15, 0.2) is 61.2 Å². The van der Waals surface area contributed by atoms with E-state index in [2.05, 4.69) is 31.4 Å². The van der Waals surface area contributed by atoms with Gasteiger partial charge in [0.2, 0.25) is 11.9 Å². The van der Waals surface area contributed by atoms with Gasteiger partial charge in [-0.05, 0) is 43.5 Å². The zero-order valence-electron chi connectivity index (χ0n) is 26.1. The van der Waals surface area contributed by atoms with Crippen molar-refractivity contribution in [1.29, 1.82) is 0 Å². The number of hydrogen-bond donors (Lipinski definition) is 1. The molecule has 13 nitrogen and oxygen atoms in total. The summed E-state index contributed by atoms with van der Waals surface area (Å²) in [5.74, 6) is 0.960. The van der Waals surface area contributed by atoms with Gasteiger partial charge in [0.1, 0.15) is 35.4 Å². The maximum atomic E-state index is 14.2. The quantitative estimate of drug-likeness (QED) is 0.307. The Morgan fingerprint density at radius 3 is 2.85 bits per heavy atom. The van der Waals surface area contributed by atoms with E-state index in [0.29, 0.717) is 53.7 Å². The third-order valence-corrected chi connectivity index (χ3v) is 9.10. The van der Waals surface area contributed by atoms with Gasteiger partial charge in [-0.15, -0.1) is 0 Å². The van der Waals surface area contributed by atoms with Crippen LogP contribution in [-0.4, -0.2) is 89.6 Å². The number of anilines is 2. The van der Waals surface area contributed by atoms with Crippen molar-refractivity contribution in [3.63, 3.8) is 0 Å². The Balaban J connectivity index is 1.19. The van der Waals surface area contributed by atoms with Crippen LogP contribution in [0.2, 0.25) is 0 Å². The predicted molar refractivity (Wildman–Crippen MR) is 174 cm³/mol. The summed E-state index contributed by atoms with van der Waals surface area (Å²) < 4.78 is 22.9. The van der Waals surface area contributed by atoms with E-state index >= 15 is 0 Å². The molecule has 0 radical (unpaired) electrons. The summed E-state index contributed by atoms with van der Waals surface area (Å²) in [5.41, 5.74) is 4.86. The highest BCUT2D eigenvalue weighted by Crippen LogP contribution is 2.35. The molecule has 0 spiro atoms. The number of aromatic nitrogens is 8. The zero-order chi connectivity index (χ0) is 32.2. The topological polar surface area (TPSA) is 132 Å². The molecule has 6 aromatic rings. The number of aryl methyl sites for hydroxylation is 2. The first-order valence-electron chi connectivity index (χ1n) is 15.5. The molecule has 2 aliphatic heterocycles. The van der Waals surface area contributed by atoms with E-state index in [9.17, 15) is 9.18 Å². The lowest BCUT2D eigenvalue weighted by Crippen LogP contribution is -2.45. The molecular formula is C33H32FN11O2. The third-order valence-electron chi connectivity index (χ3n) is 9.10. The molecule has 1 N–H and O–H groups in total. The van der Waals surface area contributed by atoms with Crippen molar-refractivity contribution in [2.24, 2.45) is 7.05 Å². The van der Waals surface area contributed by atoms with Crippen LogP contribution in [0, 0.1) is 5.82 Å². The summed E-state index contributed by atoms with van der Waals surface area (Å²) in [6.45, 7) is 1.04. The number of nitrogens with one attached hydrogen (secondary N) is 1. The molecule has 0 aliphatic carbocycles. The van der Waals surface area contributed by atoms with Crippen molar-refractivity contribution in [2.45, 2.75) is 31.3 Å². The second kappa shape index (κ2) is 11.3. The molecule has 8 rings (SSSR count). The zero-order valence-corrected chi connectivity index (χ0v) is 26.1. The number of halogens is 1. The molecule has 0 unspecified atom stereocenters. The summed E-state index contributed by atoms with van der Waals surface area (Å²) in [6, 6.07) is 11.6. The van der Waals surface area contributed by atoms with Crippen LogP contribution in [0.3, 0.4) is 0 Å². The Labute approximate surface area is 269 Å². The first kappa shape index (κ1) is 28.8. The molecule has 4 bridgehead atoms. The number of amides is 1. The van der Waals surface area contributed by atoms with E-state index in [1.54, 1.807) is 28.0 Å². The van der Waals surface area contributed by atoms with Crippen LogP contribution >= 0.6 is 0 Å². The minimum absolute atomic E-state index is 0.00579. The van der Waals surface area contributed by atoms with Gasteiger partial charge in [-0.25, -0.2) is 29.0 Å². The summed E-state index contributed by atoms with van der Waals surface area (Å²) in [4.78, 5) is 36.7. The Morgan fingerprint density at radius 2 is 1.98 bits per heavy atom. The van der Waals surface area contributed by atoms with Crippen LogP contribution in [0.1, 0.15) is 18.5 Å². The summed E-state index contributed by atoms with van der Waals surface area (Å²) >= 11 is 0. The number of carbonyl (C=O) groups is 1. The average Bonchev–Trinajstić information content (AvgIpc) is 3.79. The predicted octanol–water partition coefficient (Wildman–Crippen LogP) is 3.77. The molecule has 1 amide bonds. The van der Waals surface area contributed by atoms with E-state index in [1.165, 1.54) is 25.6 Å². The van der Waals surface area contributed by atoms with E-state index < -0.39 is 11.9 Å². The number of likely N-dealkylation sites (N-methyl/N-ethyl adjacent to an activating group) is 1. The monoisotopic (exact) mass is 633 g/mol. The number of rotatable bonds is 3. The highest BCUT2D eigenvalue weighted by molar-refractivity contribution is 5.96. The fourth-order valence-corrected chi connectivity index (χ4v) is 6.89. The van der Waals surface area contributed by atoms with Gasteiger partial charge in [-0.3, -0.25) is 9.48 Å². The molecule has 2 aromatic carbocycles. The Morgan fingerprint density at radius 1 is 1.09 bits per heavy atom. The fourth-order valence-electron chi connectivity index (χ4n) is 6.89. The van der Waals surface area contributed by atoms with Gasteiger partial charge in [0.15, 0.2) is 5.65 Å². The van der Waals surface area contributed by atoms with Crippen molar-refractivity contribution in [3.8, 4) is 22.7 Å². The standard InChI is InChI=1S/C33H32FN11O2/c1-42-13-5-8-26-29-21(6-4-7-24(29)41-43(26)2)23-11-12-35-33(40-23)39-20-15-27(32(42)46)44(17-20)30-22-16-38-45(31(22)37-18-36-30)25-10-9-19(34)14-28(25)47-3/h4,6-7,9-12,14,16,18,20,27H,5,8,13,15,17H2,1-3H3,(H,35,39,40)/t20-,27-/m0/s1. The van der Waals surface area contributed by atoms with Gasteiger partial charge in [0.25, 0.3) is 0 Å². The minimum atomic E-state index is -0.506. The van der Waals surface area contributed by atoms with Crippen molar-refractivity contribution in [1.82, 2.24) is 44.4 Å². The first-order chi connectivity index (χ1) is 22.9. The fraction of sp³-hybridized carbons (Fsp3) is 0.303. The van der Waals surface area contributed by atoms with E-state index in [-0.39, 0.29) is 11.9 Å². The molecule has 4 aromatic heterocycles. The van der Waals surface area contributed by atoms with E-state index in [0.717, 1.165) is 40.7 Å². The number of hydrogen-bond acceptors (Lipinski definition) is 10. The lowest BCUT2D eigenvalue weighted by atomic mass is 10.0. The second-order valence-corrected chi connectivity index (χ2v) is 12.0. The lowest BCUT2D eigenvalue weighted by Gasteiger charge is -2.29. The first-order valence-corrected chi connectivity index (χ1v) is 15.5. The number of fused-ring (bicyclic) bond motifs is 6. The van der Waals surface area contributed by atoms with E-state index in [4.69, 9.17) is 14.8 Å². The van der Waals surface area contributed by atoms with Gasteiger partial charge in [-0.2, -0.15) is 10.2 Å². The highest BCUT2D eigenvalue weighted by atomic mass is 19.1. The van der Waals surface area contributed by atoms with Crippen molar-refractivity contribution in [3.05, 3.63) is 72.7 Å². The summed E-state index contributed by atoms with van der Waals surface area (Å²) in [7, 11) is 5.29. The van der Waals surface area contributed by atoms with Crippen LogP contribution in [0.25, 0.3) is 38.9 Å². The number of ether oxygens (including phenoxy) is 1. The van der Waals surface area contributed by atoms with Gasteiger partial charge in [0.05, 0.1) is 29.9 Å². The number of carbonyl (C=O) groups excluding carboxylic acids is 1. The molecule has 2 atom stereocenters. The molecular weight excluding hydrogens is 601 g/mol. The van der Waals surface area contributed by atoms with Crippen molar-refractivity contribution >= 4 is 39.6 Å². The molecule has 14 heteroatoms. The van der Waals surface area contributed by atoms with Crippen molar-refractivity contribution < 1.29 is 13.9 Å². The smallest absolute Gasteiger partial charge is 0.245 e. The lowest BCUT2D eigenvalue weighted by molar-refractivity contribution is -0.131. The van der Waals surface area contributed by atoms with Gasteiger partial charge < -0.3 is 19.9 Å². The molecule has 238 valence electrons. The minimum Gasteiger partial charge on any atom is -0.494 e. The third kappa shape index (κ3) is 4.87. The maximum Gasteiger partial charge on any atom is 0.245 e. The Kier molecular flexibility index (Phi) is 6.92. The highest BCUT2D eigenvalue weighted by Gasteiger charge is 2.40. The maximum absolute atomic E-state index is 14.2. The summed E-state index contributed by atoms with van der Waals surface area (Å²) in [6.07, 6.45) is 6.91. The SMILES string of the molecule is COc1cc(F)ccc1-n1ncc2c(N3C[C@@H]4C[C@H]3C(=O)N(C)CCCc3c5c(cccc5nn3C)-c3ccnc(n3)N4)ncnc21. The largest absolute Gasteiger partial charge is 0.494 e. The molecule has 1 saturated heterocycles. The van der Waals surface area contributed by atoms with Crippen LogP contribution in [0.5, 0.6) is 5.75 Å². The summed E-state index contributed by atoms with van der Waals surface area (Å²) in [5, 5.41) is 14.6. The van der Waals surface area contributed by atoms with E-state index in [1.807, 2.05) is 41.9 Å². The van der Waals surface area contributed by atoms with Gasteiger partial charge in [0, 0.05) is 62.1 Å². The van der Waals surface area contributed by atoms with Gasteiger partial charge in [-0.1, -0.05) is 12.1 Å². The molecule has 0 saturated carbocycles. The molecule has 1 fully saturated rings. The number of benzene rings is 2.